The van der Waals surface area contributed by atoms with E-state index in [2.05, 4.69) is 19.2 Å². The van der Waals surface area contributed by atoms with E-state index in [0.29, 0.717) is 44.0 Å². The van der Waals surface area contributed by atoms with Crippen molar-refractivity contribution < 1.29 is 22.7 Å². The number of hydrogen-bond donors (Lipinski definition) is 2. The minimum absolute atomic E-state index is 0.0726. The molecule has 1 saturated carbocycles. The first-order chi connectivity index (χ1) is 16.2. The fourth-order valence-electron chi connectivity index (χ4n) is 4.31. The fraction of sp³-hybridized carbons (Fsp3) is 0.462. The van der Waals surface area contributed by atoms with Crippen LogP contribution in [0.5, 0.6) is 5.75 Å². The van der Waals surface area contributed by atoms with Crippen LogP contribution < -0.4 is 15.8 Å². The van der Waals surface area contributed by atoms with E-state index >= 15 is 0 Å². The highest BCUT2D eigenvalue weighted by Crippen LogP contribution is 2.39. The monoisotopic (exact) mass is 486 g/mol. The van der Waals surface area contributed by atoms with Crippen molar-refractivity contribution in [3.63, 3.8) is 0 Å². The molecule has 2 amide bonds. The Balaban J connectivity index is 1.50. The molecule has 0 heterocycles. The van der Waals surface area contributed by atoms with E-state index < -0.39 is 20.5 Å². The molecule has 1 fully saturated rings. The van der Waals surface area contributed by atoms with Crippen molar-refractivity contribution in [3.05, 3.63) is 54.1 Å². The molecule has 184 valence electrons. The van der Waals surface area contributed by atoms with Crippen LogP contribution in [0.15, 0.2) is 53.4 Å². The number of rotatable bonds is 10. The largest absolute Gasteiger partial charge is 0.494 e. The van der Waals surface area contributed by atoms with Gasteiger partial charge in [-0.15, -0.1) is 0 Å². The number of sulfone groups is 1. The number of nitrogens with two attached hydrogens (primary N) is 1. The Kier molecular flexibility index (Phi) is 8.36. The lowest BCUT2D eigenvalue weighted by Crippen LogP contribution is -2.51. The third-order valence-electron chi connectivity index (χ3n) is 6.44. The van der Waals surface area contributed by atoms with Crippen molar-refractivity contribution in [1.82, 2.24) is 0 Å². The van der Waals surface area contributed by atoms with Gasteiger partial charge in [0.2, 0.25) is 11.8 Å². The van der Waals surface area contributed by atoms with Crippen LogP contribution in [-0.2, 0) is 19.4 Å². The van der Waals surface area contributed by atoms with Crippen molar-refractivity contribution in [2.45, 2.75) is 74.4 Å². The number of primary amides is 1. The van der Waals surface area contributed by atoms with Gasteiger partial charge in [0, 0.05) is 12.1 Å². The van der Waals surface area contributed by atoms with E-state index in [1.807, 2.05) is 24.3 Å². The van der Waals surface area contributed by atoms with E-state index in [4.69, 9.17) is 10.5 Å². The zero-order valence-corrected chi connectivity index (χ0v) is 20.7. The average molecular weight is 487 g/mol. The molecule has 0 spiro atoms. The van der Waals surface area contributed by atoms with Gasteiger partial charge in [-0.3, -0.25) is 9.59 Å². The molecule has 7 nitrogen and oxygen atoms in total. The first-order valence-electron chi connectivity index (χ1n) is 11.8. The summed E-state index contributed by atoms with van der Waals surface area (Å²) in [5.74, 6) is 0.0706. The number of amides is 2. The van der Waals surface area contributed by atoms with Crippen molar-refractivity contribution in [2.24, 2.45) is 5.73 Å². The van der Waals surface area contributed by atoms with E-state index in [1.54, 1.807) is 12.1 Å². The van der Waals surface area contributed by atoms with E-state index in [1.165, 1.54) is 17.7 Å². The second-order valence-electron chi connectivity index (χ2n) is 9.17. The Morgan fingerprint density at radius 3 is 2.18 bits per heavy atom. The molecular weight excluding hydrogens is 452 g/mol. The normalized spacial score (nSPS) is 15.6. The Hall–Kier alpha value is -2.87. The van der Waals surface area contributed by atoms with Gasteiger partial charge in [-0.25, -0.2) is 8.42 Å². The van der Waals surface area contributed by atoms with Crippen molar-refractivity contribution in [3.8, 4) is 5.75 Å². The molecule has 3 rings (SSSR count). The van der Waals surface area contributed by atoms with Gasteiger partial charge in [0.25, 0.3) is 0 Å². The number of benzene rings is 2. The molecule has 0 aliphatic heterocycles. The summed E-state index contributed by atoms with van der Waals surface area (Å²) in [5.41, 5.74) is 7.53. The van der Waals surface area contributed by atoms with Crippen LogP contribution in [0.1, 0.15) is 70.3 Å². The number of hydrogen-bond acceptors (Lipinski definition) is 5. The molecule has 1 aliphatic carbocycles. The lowest BCUT2D eigenvalue weighted by molar-refractivity contribution is -0.121. The van der Waals surface area contributed by atoms with Crippen LogP contribution >= 0.6 is 0 Å². The summed E-state index contributed by atoms with van der Waals surface area (Å²) < 4.78 is 30.6. The highest BCUT2D eigenvalue weighted by molar-refractivity contribution is 7.93. The first kappa shape index (κ1) is 25.7. The minimum Gasteiger partial charge on any atom is -0.494 e. The summed E-state index contributed by atoms with van der Waals surface area (Å²) in [6, 6.07) is 13.9. The molecule has 34 heavy (non-hydrogen) atoms. The molecule has 8 heteroatoms. The summed E-state index contributed by atoms with van der Waals surface area (Å²) in [6.07, 6.45) is 3.57. The van der Waals surface area contributed by atoms with Gasteiger partial charge < -0.3 is 15.8 Å². The van der Waals surface area contributed by atoms with Gasteiger partial charge >= 0.3 is 0 Å². The summed E-state index contributed by atoms with van der Waals surface area (Å²) in [4.78, 5) is 24.4. The summed E-state index contributed by atoms with van der Waals surface area (Å²) >= 11 is 0. The van der Waals surface area contributed by atoms with Crippen LogP contribution in [0.3, 0.4) is 0 Å². The lowest BCUT2D eigenvalue weighted by Gasteiger charge is -2.33. The van der Waals surface area contributed by atoms with Crippen LogP contribution in [-0.4, -0.2) is 31.6 Å². The highest BCUT2D eigenvalue weighted by atomic mass is 32.2. The molecule has 0 radical (unpaired) electrons. The predicted molar refractivity (Wildman–Crippen MR) is 133 cm³/mol. The van der Waals surface area contributed by atoms with Gasteiger partial charge in [0.15, 0.2) is 14.6 Å². The van der Waals surface area contributed by atoms with Crippen LogP contribution in [0.2, 0.25) is 0 Å². The second kappa shape index (κ2) is 11.0. The fourth-order valence-corrected chi connectivity index (χ4v) is 6.35. The smallest absolute Gasteiger partial charge is 0.239 e. The summed E-state index contributed by atoms with van der Waals surface area (Å²) in [7, 11) is -3.90. The number of anilines is 1. The van der Waals surface area contributed by atoms with Gasteiger partial charge in [0.05, 0.1) is 11.5 Å². The van der Waals surface area contributed by atoms with Crippen molar-refractivity contribution >= 4 is 27.3 Å². The molecule has 3 N–H and O–H groups in total. The van der Waals surface area contributed by atoms with Crippen molar-refractivity contribution in [2.75, 3.05) is 11.9 Å². The minimum atomic E-state index is -3.90. The average Bonchev–Trinajstić information content (AvgIpc) is 2.82. The van der Waals surface area contributed by atoms with Gasteiger partial charge in [-0.1, -0.05) is 45.2 Å². The zero-order chi connectivity index (χ0) is 24.8. The molecule has 1 aliphatic rings. The quantitative estimate of drug-likeness (QED) is 0.477. The molecule has 0 saturated heterocycles. The SMILES string of the molecule is CC(C)c1ccc(NC(=O)CCCOc2ccc(S(=O)(=O)C3(C(N)=O)CCCCC3)cc2)cc1. The van der Waals surface area contributed by atoms with Gasteiger partial charge in [0.1, 0.15) is 5.75 Å². The summed E-state index contributed by atoms with van der Waals surface area (Å²) in [6.45, 7) is 4.56. The first-order valence-corrected chi connectivity index (χ1v) is 13.3. The van der Waals surface area contributed by atoms with Crippen LogP contribution in [0.25, 0.3) is 0 Å². The van der Waals surface area contributed by atoms with Crippen molar-refractivity contribution in [1.29, 1.82) is 0 Å². The standard InChI is InChI=1S/C26H34N2O5S/c1-19(2)20-8-10-21(11-9-20)28-24(29)7-6-18-33-22-12-14-23(15-13-22)34(31,32)26(25(27)30)16-4-3-5-17-26/h8-15,19H,3-7,16-18H2,1-2H3,(H2,27,30)(H,28,29). The maximum Gasteiger partial charge on any atom is 0.239 e. The number of carbonyl (C=O) groups is 2. The lowest BCUT2D eigenvalue weighted by atomic mass is 9.88. The van der Waals surface area contributed by atoms with E-state index in [0.717, 1.165) is 12.1 Å². The number of nitrogens with one attached hydrogen (secondary N) is 1. The maximum absolute atomic E-state index is 13.2. The Labute approximate surface area is 202 Å². The third-order valence-corrected chi connectivity index (χ3v) is 8.97. The van der Waals surface area contributed by atoms with Crippen LogP contribution in [0.4, 0.5) is 5.69 Å². The van der Waals surface area contributed by atoms with Gasteiger partial charge in [-0.05, 0) is 67.1 Å². The second-order valence-corrected chi connectivity index (χ2v) is 11.4. The van der Waals surface area contributed by atoms with Crippen LogP contribution in [0, 0.1) is 0 Å². The Morgan fingerprint density at radius 1 is 1.00 bits per heavy atom. The van der Waals surface area contributed by atoms with E-state index in [9.17, 15) is 18.0 Å². The number of ether oxygens (including phenoxy) is 1. The Morgan fingerprint density at radius 2 is 1.62 bits per heavy atom. The molecule has 0 unspecified atom stereocenters. The summed E-state index contributed by atoms with van der Waals surface area (Å²) in [5, 5.41) is 2.88. The molecule has 2 aromatic carbocycles. The predicted octanol–water partition coefficient (Wildman–Crippen LogP) is 4.57. The molecule has 0 atom stereocenters. The third kappa shape index (κ3) is 5.78. The molecule has 0 aromatic heterocycles. The Bertz CT molecular complexity index is 1090. The maximum atomic E-state index is 13.2. The molecule has 2 aromatic rings. The zero-order valence-electron chi connectivity index (χ0n) is 19.9. The molecule has 0 bridgehead atoms. The number of carbonyl (C=O) groups excluding carboxylic acids is 2. The highest BCUT2D eigenvalue weighted by Gasteiger charge is 2.50. The van der Waals surface area contributed by atoms with E-state index in [-0.39, 0.29) is 23.6 Å². The van der Waals surface area contributed by atoms with Gasteiger partial charge in [-0.2, -0.15) is 0 Å². The molecular formula is C26H34N2O5S. The topological polar surface area (TPSA) is 116 Å².